The molecule has 0 saturated heterocycles. The number of methoxy groups -OCH3 is 1. The van der Waals surface area contributed by atoms with E-state index in [-0.39, 0.29) is 34.1 Å². The van der Waals surface area contributed by atoms with Gasteiger partial charge in [-0.15, -0.1) is 10.2 Å². The number of benzene rings is 1. The van der Waals surface area contributed by atoms with Crippen LogP contribution in [0.1, 0.15) is 74.1 Å². The number of hydrogen-bond acceptors (Lipinski definition) is 12. The maximum atomic E-state index is 13.4. The summed E-state index contributed by atoms with van der Waals surface area (Å²) in [5.74, 6) is 1.06. The SMILES string of the molecule is COC(=O)c1nc(N(C)c2cc(C)c(/N=c3\sc4ccccc4n3COCC[Si](C)(C)C)nn2)ccc1-c1cnn(CC23CC4(C)CC(C)(C2)CC(OCCO)(C4)C3)c1C. The fourth-order valence-electron chi connectivity index (χ4n) is 11.4. The molecule has 2 unspecified atom stereocenters. The zero-order chi connectivity index (χ0) is 42.7. The highest BCUT2D eigenvalue weighted by Gasteiger charge is 2.66. The van der Waals surface area contributed by atoms with Crippen LogP contribution in [0.2, 0.25) is 25.7 Å². The number of aryl methyl sites for hydroxylation is 1. The van der Waals surface area contributed by atoms with Gasteiger partial charge in [0.1, 0.15) is 12.5 Å². The van der Waals surface area contributed by atoms with E-state index in [0.717, 1.165) is 76.5 Å². The quantitative estimate of drug-likeness (QED) is 0.0618. The smallest absolute Gasteiger partial charge is 0.357 e. The summed E-state index contributed by atoms with van der Waals surface area (Å²) in [7, 11) is 2.01. The third-order valence-electron chi connectivity index (χ3n) is 12.9. The average Bonchev–Trinajstić information content (AvgIpc) is 3.71. The van der Waals surface area contributed by atoms with Crippen LogP contribution in [-0.4, -0.2) is 88.3 Å². The van der Waals surface area contributed by atoms with Gasteiger partial charge in [0.2, 0.25) is 0 Å². The molecule has 0 radical (unpaired) electrons. The molecule has 4 aliphatic carbocycles. The number of esters is 1. The summed E-state index contributed by atoms with van der Waals surface area (Å²) < 4.78 is 23.3. The zero-order valence-electron chi connectivity index (χ0n) is 36.7. The summed E-state index contributed by atoms with van der Waals surface area (Å²) in [6.45, 7) is 18.2. The van der Waals surface area contributed by atoms with Gasteiger partial charge in [-0.1, -0.05) is 57.0 Å². The van der Waals surface area contributed by atoms with Crippen molar-refractivity contribution < 1.29 is 24.1 Å². The Morgan fingerprint density at radius 1 is 0.967 bits per heavy atom. The molecule has 0 spiro atoms. The average molecular weight is 853 g/mol. The summed E-state index contributed by atoms with van der Waals surface area (Å²) >= 11 is 1.60. The summed E-state index contributed by atoms with van der Waals surface area (Å²) in [6.07, 6.45) is 8.36. The molecule has 2 atom stereocenters. The van der Waals surface area contributed by atoms with E-state index in [2.05, 4.69) is 72.0 Å². The van der Waals surface area contributed by atoms with Crippen molar-refractivity contribution in [3.05, 3.63) is 70.4 Å². The van der Waals surface area contributed by atoms with Gasteiger partial charge >= 0.3 is 5.97 Å². The molecule has 4 bridgehead atoms. The molecule has 9 rings (SSSR count). The standard InChI is InChI=1S/C45H60N8O5SSi/c1-30-20-37(49-50-39(30)48-41-52(29-57-18-19-60(7,8)9)34-12-10-11-13-35(34)59-41)51(5)36-15-14-32(38(47-36)40(55)56-6)33-21-46-53(31(33)2)28-44-23-42(3)22-43(4,24-44)26-45(25-42,27-44)58-17-16-54/h10-15,20-21,54H,16-19,22-29H2,1-9H3/b48-41-. The Morgan fingerprint density at radius 3 is 2.42 bits per heavy atom. The maximum absolute atomic E-state index is 13.4. The first-order valence-electron chi connectivity index (χ1n) is 21.1. The predicted molar refractivity (Wildman–Crippen MR) is 238 cm³/mol. The van der Waals surface area contributed by atoms with E-state index in [1.165, 1.54) is 13.5 Å². The van der Waals surface area contributed by atoms with Crippen molar-refractivity contribution in [2.45, 2.75) is 111 Å². The Hall–Kier alpha value is -4.28. The molecule has 320 valence electrons. The number of pyridine rings is 1. The van der Waals surface area contributed by atoms with E-state index in [1.807, 2.05) is 55.4 Å². The summed E-state index contributed by atoms with van der Waals surface area (Å²) in [5.41, 5.74) is 4.78. The monoisotopic (exact) mass is 852 g/mol. The van der Waals surface area contributed by atoms with E-state index in [0.29, 0.717) is 43.0 Å². The van der Waals surface area contributed by atoms with Crippen molar-refractivity contribution in [2.24, 2.45) is 21.2 Å². The van der Waals surface area contributed by atoms with Gasteiger partial charge in [0, 0.05) is 45.1 Å². The van der Waals surface area contributed by atoms with Crippen LogP contribution in [0.4, 0.5) is 17.5 Å². The number of aliphatic hydroxyl groups excluding tert-OH is 1. The predicted octanol–water partition coefficient (Wildman–Crippen LogP) is 8.60. The molecular formula is C45H60N8O5SSi. The van der Waals surface area contributed by atoms with Crippen LogP contribution in [-0.2, 0) is 27.5 Å². The molecule has 13 nitrogen and oxygen atoms in total. The third-order valence-corrected chi connectivity index (χ3v) is 15.7. The molecule has 0 aliphatic heterocycles. The number of anilines is 2. The van der Waals surface area contributed by atoms with E-state index < -0.39 is 14.0 Å². The van der Waals surface area contributed by atoms with Crippen LogP contribution in [0, 0.1) is 30.1 Å². The Labute approximate surface area is 357 Å². The number of ether oxygens (including phenoxy) is 3. The molecular weight excluding hydrogens is 793 g/mol. The number of rotatable bonds is 15. The fourth-order valence-corrected chi connectivity index (χ4v) is 13.2. The number of hydrogen-bond donors (Lipinski definition) is 1. The minimum absolute atomic E-state index is 0.0280. The van der Waals surface area contributed by atoms with Crippen molar-refractivity contribution in [1.82, 2.24) is 29.5 Å². The molecule has 1 aromatic carbocycles. The number of aromatic nitrogens is 6. The largest absolute Gasteiger partial charge is 0.464 e. The molecule has 4 aliphatic rings. The zero-order valence-corrected chi connectivity index (χ0v) is 38.5. The van der Waals surface area contributed by atoms with Crippen LogP contribution in [0.3, 0.4) is 0 Å². The van der Waals surface area contributed by atoms with Gasteiger partial charge in [0.15, 0.2) is 22.1 Å². The maximum Gasteiger partial charge on any atom is 0.357 e. The van der Waals surface area contributed by atoms with Crippen molar-refractivity contribution in [2.75, 3.05) is 38.9 Å². The minimum atomic E-state index is -1.22. The summed E-state index contributed by atoms with van der Waals surface area (Å²) in [5, 5.41) is 23.7. The van der Waals surface area contributed by atoms with Crippen LogP contribution in [0.5, 0.6) is 0 Å². The third kappa shape index (κ3) is 8.35. The van der Waals surface area contributed by atoms with E-state index >= 15 is 0 Å². The van der Waals surface area contributed by atoms with Gasteiger partial charge in [-0.05, 0) is 111 Å². The highest BCUT2D eigenvalue weighted by Crippen LogP contribution is 2.72. The number of carbonyl (C=O) groups is 1. The Balaban J connectivity index is 1.05. The number of para-hydroxylation sites is 1. The number of nitrogens with zero attached hydrogens (tertiary/aromatic N) is 8. The number of thiazole rings is 1. The molecule has 4 fully saturated rings. The number of fused-ring (bicyclic) bond motifs is 1. The van der Waals surface area contributed by atoms with Crippen LogP contribution in [0.25, 0.3) is 21.3 Å². The van der Waals surface area contributed by atoms with E-state index in [4.69, 9.17) is 29.3 Å². The lowest BCUT2D eigenvalue weighted by molar-refractivity contribution is -0.250. The van der Waals surface area contributed by atoms with Crippen LogP contribution < -0.4 is 9.70 Å². The number of aliphatic hydroxyl groups is 1. The lowest BCUT2D eigenvalue weighted by atomic mass is 9.39. The van der Waals surface area contributed by atoms with Crippen molar-refractivity contribution in [1.29, 1.82) is 0 Å². The summed E-state index contributed by atoms with van der Waals surface area (Å²) in [4.78, 5) is 25.9. The topological polar surface area (TPSA) is 142 Å². The molecule has 4 saturated carbocycles. The molecule has 5 aromatic rings. The first-order chi connectivity index (χ1) is 28.5. The lowest BCUT2D eigenvalue weighted by Crippen LogP contribution is -2.64. The van der Waals surface area contributed by atoms with Gasteiger partial charge in [0.05, 0.1) is 42.3 Å². The highest BCUT2D eigenvalue weighted by molar-refractivity contribution is 7.16. The number of carbonyl (C=O) groups excluding carboxylic acids is 1. The van der Waals surface area contributed by atoms with Gasteiger partial charge in [-0.2, -0.15) is 10.1 Å². The Kier molecular flexibility index (Phi) is 11.2. The van der Waals surface area contributed by atoms with Crippen LogP contribution in [0.15, 0.2) is 53.7 Å². The second-order valence-electron chi connectivity index (χ2n) is 19.8. The van der Waals surface area contributed by atoms with Gasteiger partial charge in [-0.25, -0.2) is 9.78 Å². The molecule has 4 aromatic heterocycles. The minimum Gasteiger partial charge on any atom is -0.464 e. The molecule has 4 heterocycles. The first kappa shape index (κ1) is 42.4. The molecule has 60 heavy (non-hydrogen) atoms. The van der Waals surface area contributed by atoms with Gasteiger partial charge in [-0.3, -0.25) is 9.25 Å². The van der Waals surface area contributed by atoms with E-state index in [9.17, 15) is 9.90 Å². The molecule has 0 amide bonds. The molecule has 15 heteroatoms. The van der Waals surface area contributed by atoms with Gasteiger partial charge in [0.25, 0.3) is 0 Å². The van der Waals surface area contributed by atoms with E-state index in [1.54, 1.807) is 11.3 Å². The Bertz CT molecular complexity index is 2470. The summed E-state index contributed by atoms with van der Waals surface area (Å²) in [6, 6.07) is 15.1. The second kappa shape index (κ2) is 15.9. The normalized spacial score (nSPS) is 25.1. The lowest BCUT2D eigenvalue weighted by Gasteiger charge is -2.69. The van der Waals surface area contributed by atoms with Gasteiger partial charge < -0.3 is 24.2 Å². The van der Waals surface area contributed by atoms with Crippen molar-refractivity contribution >= 4 is 53.1 Å². The highest BCUT2D eigenvalue weighted by atomic mass is 32.1. The second-order valence-corrected chi connectivity index (χ2v) is 26.4. The van der Waals surface area contributed by atoms with Crippen molar-refractivity contribution in [3.8, 4) is 11.1 Å². The van der Waals surface area contributed by atoms with Crippen LogP contribution >= 0.6 is 11.3 Å². The first-order valence-corrected chi connectivity index (χ1v) is 25.6. The van der Waals surface area contributed by atoms with Crippen molar-refractivity contribution in [3.63, 3.8) is 0 Å². The Morgan fingerprint density at radius 2 is 1.72 bits per heavy atom. The molecule has 1 N–H and O–H groups in total. The fraction of sp³-hybridized carbons (Fsp3) is 0.556.